The van der Waals surface area contributed by atoms with Gasteiger partial charge in [-0.1, -0.05) is 164 Å². The highest BCUT2D eigenvalue weighted by molar-refractivity contribution is 5.72. The number of ether oxygens (including phenoxy) is 3. The molecule has 0 rings (SSSR count). The summed E-state index contributed by atoms with van der Waals surface area (Å²) in [6.07, 6.45) is 47.0. The molecule has 0 saturated carbocycles. The lowest BCUT2D eigenvalue weighted by Gasteiger charge is -2.31. The van der Waals surface area contributed by atoms with Crippen molar-refractivity contribution < 1.29 is 38.2 Å². The van der Waals surface area contributed by atoms with Crippen molar-refractivity contribution in [1.29, 1.82) is 0 Å². The van der Waals surface area contributed by atoms with E-state index in [4.69, 9.17) is 14.2 Å². The second-order valence-corrected chi connectivity index (χ2v) is 15.9. The lowest BCUT2D eigenvalue weighted by molar-refractivity contribution is -0.887. The number of carboxylic acids is 1. The minimum absolute atomic E-state index is 0.0431. The van der Waals surface area contributed by atoms with E-state index in [2.05, 4.69) is 74.6 Å². The minimum Gasteiger partial charge on any atom is -0.477 e. The molecule has 2 atom stereocenters. The Labute approximate surface area is 343 Å². The third kappa shape index (κ3) is 36.7. The molecule has 0 fully saturated rings. The molecule has 2 unspecified atom stereocenters. The number of carbonyl (C=O) groups excluding carboxylic acids is 2. The second-order valence-electron chi connectivity index (χ2n) is 15.9. The van der Waals surface area contributed by atoms with Crippen LogP contribution in [0.4, 0.5) is 0 Å². The van der Waals surface area contributed by atoms with Gasteiger partial charge in [-0.25, -0.2) is 4.79 Å². The first kappa shape index (κ1) is 53.0. The van der Waals surface area contributed by atoms with Crippen LogP contribution < -0.4 is 0 Å². The largest absolute Gasteiger partial charge is 0.477 e. The van der Waals surface area contributed by atoms with Crippen molar-refractivity contribution >= 4 is 17.9 Å². The van der Waals surface area contributed by atoms with Gasteiger partial charge in [0.15, 0.2) is 12.1 Å². The zero-order valence-corrected chi connectivity index (χ0v) is 36.6. The van der Waals surface area contributed by atoms with Gasteiger partial charge in [0.1, 0.15) is 6.61 Å². The molecule has 0 aliphatic heterocycles. The van der Waals surface area contributed by atoms with Gasteiger partial charge in [-0.2, -0.15) is 0 Å². The highest BCUT2D eigenvalue weighted by Crippen LogP contribution is 2.15. The fraction of sp³-hybridized carbons (Fsp3) is 0.729. The van der Waals surface area contributed by atoms with Crippen molar-refractivity contribution in [2.45, 2.75) is 187 Å². The minimum atomic E-state index is -0.883. The molecule has 0 aromatic heterocycles. The molecule has 0 aliphatic carbocycles. The molecule has 1 N–H and O–H groups in total. The fourth-order valence-corrected chi connectivity index (χ4v) is 6.24. The first-order valence-corrected chi connectivity index (χ1v) is 22.3. The van der Waals surface area contributed by atoms with E-state index in [9.17, 15) is 19.5 Å². The molecule has 0 aliphatic rings. The molecular formula is C48H84NO7+. The molecule has 0 saturated heterocycles. The van der Waals surface area contributed by atoms with Crippen molar-refractivity contribution in [3.8, 4) is 0 Å². The van der Waals surface area contributed by atoms with E-state index in [-0.39, 0.29) is 42.7 Å². The maximum atomic E-state index is 12.7. The van der Waals surface area contributed by atoms with Crippen molar-refractivity contribution in [1.82, 2.24) is 0 Å². The van der Waals surface area contributed by atoms with Crippen LogP contribution in [-0.2, 0) is 28.6 Å². The Morgan fingerprint density at radius 3 is 1.46 bits per heavy atom. The number of carboxylic acid groups (broad SMARTS) is 1. The van der Waals surface area contributed by atoms with Crippen LogP contribution in [0.25, 0.3) is 0 Å². The van der Waals surface area contributed by atoms with Crippen LogP contribution in [0.5, 0.6) is 0 Å². The van der Waals surface area contributed by atoms with Gasteiger partial charge in [0, 0.05) is 19.3 Å². The molecular weight excluding hydrogens is 703 g/mol. The van der Waals surface area contributed by atoms with E-state index < -0.39 is 18.1 Å². The normalized spacial score (nSPS) is 13.5. The Bertz CT molecular complexity index is 1100. The van der Waals surface area contributed by atoms with Gasteiger partial charge in [0.2, 0.25) is 0 Å². The summed E-state index contributed by atoms with van der Waals surface area (Å²) < 4.78 is 17.2. The summed E-state index contributed by atoms with van der Waals surface area (Å²) >= 11 is 0. The number of likely N-dealkylation sites (N-methyl/N-ethyl adjacent to an activating group) is 1. The number of hydrogen-bond donors (Lipinski definition) is 1. The number of quaternary nitrogens is 1. The van der Waals surface area contributed by atoms with Gasteiger partial charge >= 0.3 is 17.9 Å². The molecule has 56 heavy (non-hydrogen) atoms. The van der Waals surface area contributed by atoms with Crippen LogP contribution in [0.1, 0.15) is 174 Å². The van der Waals surface area contributed by atoms with Gasteiger partial charge in [0.05, 0.1) is 34.4 Å². The van der Waals surface area contributed by atoms with Crippen molar-refractivity contribution in [3.05, 3.63) is 60.8 Å². The van der Waals surface area contributed by atoms with E-state index in [1.165, 1.54) is 77.0 Å². The van der Waals surface area contributed by atoms with Crippen LogP contribution >= 0.6 is 0 Å². The number of nitrogens with zero attached hydrogens (tertiary/aromatic N) is 1. The number of aliphatic carboxylic acids is 1. The lowest BCUT2D eigenvalue weighted by Crippen LogP contribution is -2.50. The summed E-state index contributed by atoms with van der Waals surface area (Å²) in [4.78, 5) is 37.0. The number of esters is 2. The molecule has 0 aromatic carbocycles. The lowest BCUT2D eigenvalue weighted by atomic mass is 10.0. The average Bonchev–Trinajstić information content (AvgIpc) is 3.15. The zero-order chi connectivity index (χ0) is 41.4. The number of carbonyl (C=O) groups is 3. The van der Waals surface area contributed by atoms with Gasteiger partial charge < -0.3 is 23.8 Å². The number of rotatable bonds is 39. The maximum absolute atomic E-state index is 12.7. The Balaban J connectivity index is 4.43. The predicted octanol–water partition coefficient (Wildman–Crippen LogP) is 12.2. The van der Waals surface area contributed by atoms with Gasteiger partial charge in [-0.05, 0) is 51.4 Å². The van der Waals surface area contributed by atoms with Crippen LogP contribution in [0.15, 0.2) is 60.8 Å². The summed E-state index contributed by atoms with van der Waals surface area (Å²) in [5.41, 5.74) is 0. The van der Waals surface area contributed by atoms with E-state index in [1.54, 1.807) is 0 Å². The molecule has 0 bridgehead atoms. The molecule has 0 radical (unpaired) electrons. The highest BCUT2D eigenvalue weighted by atomic mass is 16.6. The van der Waals surface area contributed by atoms with E-state index in [0.717, 1.165) is 57.8 Å². The predicted molar refractivity (Wildman–Crippen MR) is 234 cm³/mol. The van der Waals surface area contributed by atoms with Crippen molar-refractivity contribution in [2.75, 3.05) is 41.0 Å². The summed E-state index contributed by atoms with van der Waals surface area (Å²) in [6.45, 7) is 4.56. The summed E-state index contributed by atoms with van der Waals surface area (Å²) in [5.74, 6) is -1.54. The topological polar surface area (TPSA) is 99.1 Å². The summed E-state index contributed by atoms with van der Waals surface area (Å²) in [6, 6.07) is -0.623. The number of unbranched alkanes of at least 4 members (excludes halogenated alkanes) is 15. The van der Waals surface area contributed by atoms with Gasteiger partial charge in [-0.15, -0.1) is 0 Å². The Morgan fingerprint density at radius 2 is 1.00 bits per heavy atom. The molecule has 0 amide bonds. The van der Waals surface area contributed by atoms with Crippen LogP contribution in [0.2, 0.25) is 0 Å². The number of hydrogen-bond acceptors (Lipinski definition) is 6. The maximum Gasteiger partial charge on any atom is 0.362 e. The van der Waals surface area contributed by atoms with Crippen LogP contribution in [0, 0.1) is 0 Å². The van der Waals surface area contributed by atoms with Gasteiger partial charge in [0.25, 0.3) is 0 Å². The standard InChI is InChI=1S/C48H83NO7/c1-6-8-10-12-14-16-18-20-22-23-25-26-28-30-32-34-36-38-46(50)55-43-44(42-54-41-40-45(48(52)53)49(3,4)5)56-47(51)39-37-35-33-31-29-27-24-21-19-17-15-13-11-9-7-2/h8,10,14,16,20,22,25-26,30,32,44-45H,6-7,9,11-13,15,17-19,21,23-24,27-29,31,33-43H2,1-5H3/p+1/b10-8+,16-14+,22-20+,26-25+,32-30+. The average molecular weight is 787 g/mol. The summed E-state index contributed by atoms with van der Waals surface area (Å²) in [5, 5.41) is 9.62. The SMILES string of the molecule is CC/C=C/C/C=C/C/C=C/C/C=C/C/C=C/CCCC(=O)OCC(COCCC(C(=O)O)[N+](C)(C)C)OC(=O)CCCCCCCCCCCCCCCCC. The number of allylic oxidation sites excluding steroid dienone is 10. The van der Waals surface area contributed by atoms with Crippen molar-refractivity contribution in [2.24, 2.45) is 0 Å². The van der Waals surface area contributed by atoms with Gasteiger partial charge in [-0.3, -0.25) is 9.59 Å². The first-order chi connectivity index (χ1) is 27.1. The highest BCUT2D eigenvalue weighted by Gasteiger charge is 2.31. The van der Waals surface area contributed by atoms with Crippen molar-refractivity contribution in [3.63, 3.8) is 0 Å². The Morgan fingerprint density at radius 1 is 0.554 bits per heavy atom. The van der Waals surface area contributed by atoms with E-state index >= 15 is 0 Å². The molecule has 0 spiro atoms. The Kier molecular flexibility index (Phi) is 36.8. The van der Waals surface area contributed by atoms with E-state index in [0.29, 0.717) is 19.3 Å². The second kappa shape index (κ2) is 38.9. The molecule has 0 aromatic rings. The van der Waals surface area contributed by atoms with Crippen LogP contribution in [-0.4, -0.2) is 80.6 Å². The summed E-state index contributed by atoms with van der Waals surface area (Å²) in [7, 11) is 5.51. The molecule has 8 nitrogen and oxygen atoms in total. The molecule has 322 valence electrons. The quantitative estimate of drug-likeness (QED) is 0.0287. The monoisotopic (exact) mass is 787 g/mol. The smallest absolute Gasteiger partial charge is 0.362 e. The van der Waals surface area contributed by atoms with E-state index in [1.807, 2.05) is 21.1 Å². The third-order valence-electron chi connectivity index (χ3n) is 9.68. The zero-order valence-electron chi connectivity index (χ0n) is 36.6. The first-order valence-electron chi connectivity index (χ1n) is 22.3. The molecule has 0 heterocycles. The fourth-order valence-electron chi connectivity index (χ4n) is 6.24. The third-order valence-corrected chi connectivity index (χ3v) is 9.68. The van der Waals surface area contributed by atoms with Crippen LogP contribution in [0.3, 0.4) is 0 Å². The molecule has 8 heteroatoms. The Hall–Kier alpha value is -2.97.